The zero-order chi connectivity index (χ0) is 15.1. The summed E-state index contributed by atoms with van der Waals surface area (Å²) in [6, 6.07) is 3.61. The van der Waals surface area contributed by atoms with E-state index in [1.54, 1.807) is 27.4 Å². The molecule has 0 amide bonds. The van der Waals surface area contributed by atoms with Crippen LogP contribution in [0.1, 0.15) is 12.0 Å². The summed E-state index contributed by atoms with van der Waals surface area (Å²) in [6.45, 7) is 1.03. The van der Waals surface area contributed by atoms with E-state index in [0.29, 0.717) is 30.3 Å². The molecule has 0 fully saturated rings. The van der Waals surface area contributed by atoms with Crippen LogP contribution in [0, 0.1) is 0 Å². The highest BCUT2D eigenvalue weighted by atomic mass is 16.5. The molecule has 0 bridgehead atoms. The maximum Gasteiger partial charge on any atom is 0.304 e. The molecule has 0 atom stereocenters. The van der Waals surface area contributed by atoms with Gasteiger partial charge in [-0.2, -0.15) is 0 Å². The van der Waals surface area contributed by atoms with Crippen LogP contribution in [0.4, 0.5) is 0 Å². The van der Waals surface area contributed by atoms with Crippen LogP contribution in [-0.4, -0.2) is 50.9 Å². The quantitative estimate of drug-likeness (QED) is 0.782. The summed E-state index contributed by atoms with van der Waals surface area (Å²) < 4.78 is 15.8. The minimum Gasteiger partial charge on any atom is -0.496 e. The van der Waals surface area contributed by atoms with Gasteiger partial charge in [0, 0.05) is 24.7 Å². The summed E-state index contributed by atoms with van der Waals surface area (Å²) in [4.78, 5) is 12.5. The zero-order valence-electron chi connectivity index (χ0n) is 12.3. The fraction of sp³-hybridized carbons (Fsp3) is 0.500. The van der Waals surface area contributed by atoms with Crippen molar-refractivity contribution in [3.8, 4) is 17.2 Å². The van der Waals surface area contributed by atoms with Crippen molar-refractivity contribution in [2.45, 2.75) is 13.0 Å². The average molecular weight is 283 g/mol. The molecule has 0 unspecified atom stereocenters. The first-order chi connectivity index (χ1) is 9.51. The molecule has 112 valence electrons. The highest BCUT2D eigenvalue weighted by Gasteiger charge is 2.13. The van der Waals surface area contributed by atoms with Crippen LogP contribution in [0.5, 0.6) is 17.2 Å². The Bertz CT molecular complexity index is 461. The lowest BCUT2D eigenvalue weighted by Gasteiger charge is -2.19. The van der Waals surface area contributed by atoms with Gasteiger partial charge in [0.05, 0.1) is 27.8 Å². The third kappa shape index (κ3) is 4.31. The first-order valence-electron chi connectivity index (χ1n) is 6.21. The lowest BCUT2D eigenvalue weighted by atomic mass is 10.1. The van der Waals surface area contributed by atoms with Gasteiger partial charge in [0.2, 0.25) is 0 Å². The molecule has 0 saturated heterocycles. The maximum absolute atomic E-state index is 10.6. The first kappa shape index (κ1) is 16.1. The van der Waals surface area contributed by atoms with Crippen molar-refractivity contribution in [3.05, 3.63) is 17.7 Å². The van der Waals surface area contributed by atoms with E-state index < -0.39 is 5.97 Å². The number of ether oxygens (including phenoxy) is 3. The van der Waals surface area contributed by atoms with Crippen molar-refractivity contribution in [2.75, 3.05) is 34.9 Å². The van der Waals surface area contributed by atoms with E-state index >= 15 is 0 Å². The fourth-order valence-corrected chi connectivity index (χ4v) is 1.87. The minimum atomic E-state index is -0.809. The van der Waals surface area contributed by atoms with E-state index in [0.717, 1.165) is 5.56 Å². The molecule has 6 heteroatoms. The van der Waals surface area contributed by atoms with E-state index in [-0.39, 0.29) is 6.42 Å². The molecule has 0 radical (unpaired) electrons. The van der Waals surface area contributed by atoms with Crippen molar-refractivity contribution in [1.82, 2.24) is 4.90 Å². The third-order valence-corrected chi connectivity index (χ3v) is 2.93. The van der Waals surface area contributed by atoms with Crippen LogP contribution in [0.15, 0.2) is 12.1 Å². The second kappa shape index (κ2) is 7.59. The van der Waals surface area contributed by atoms with Gasteiger partial charge in [0.15, 0.2) is 11.5 Å². The number of hydrogen-bond acceptors (Lipinski definition) is 5. The van der Waals surface area contributed by atoms with Crippen LogP contribution in [0.3, 0.4) is 0 Å². The molecule has 0 aromatic heterocycles. The van der Waals surface area contributed by atoms with Gasteiger partial charge >= 0.3 is 5.97 Å². The Morgan fingerprint density at radius 3 is 2.15 bits per heavy atom. The molecule has 20 heavy (non-hydrogen) atoms. The number of rotatable bonds is 8. The van der Waals surface area contributed by atoms with Crippen LogP contribution in [0.2, 0.25) is 0 Å². The molecular formula is C14H21NO5. The minimum absolute atomic E-state index is 0.103. The SMILES string of the molecule is COc1cc(OC)c(OC)cc1CN(C)CCC(=O)O. The van der Waals surface area contributed by atoms with Crippen molar-refractivity contribution in [1.29, 1.82) is 0 Å². The van der Waals surface area contributed by atoms with Gasteiger partial charge in [0.1, 0.15) is 5.75 Å². The number of nitrogens with zero attached hydrogens (tertiary/aromatic N) is 1. The summed E-state index contributed by atoms with van der Waals surface area (Å²) in [5, 5.41) is 8.69. The molecule has 1 aromatic carbocycles. The smallest absolute Gasteiger partial charge is 0.304 e. The van der Waals surface area contributed by atoms with E-state index in [1.165, 1.54) is 0 Å². The van der Waals surface area contributed by atoms with Crippen LogP contribution >= 0.6 is 0 Å². The topological polar surface area (TPSA) is 68.2 Å². The van der Waals surface area contributed by atoms with E-state index in [4.69, 9.17) is 19.3 Å². The van der Waals surface area contributed by atoms with Crippen LogP contribution in [-0.2, 0) is 11.3 Å². The number of methoxy groups -OCH3 is 3. The van der Waals surface area contributed by atoms with Gasteiger partial charge in [-0.25, -0.2) is 0 Å². The lowest BCUT2D eigenvalue weighted by Crippen LogP contribution is -2.21. The predicted molar refractivity (Wildman–Crippen MR) is 74.7 cm³/mol. The Labute approximate surface area is 118 Å². The highest BCUT2D eigenvalue weighted by Crippen LogP contribution is 2.35. The summed E-state index contributed by atoms with van der Waals surface area (Å²) in [6.07, 6.45) is 0.103. The van der Waals surface area contributed by atoms with E-state index in [9.17, 15) is 4.79 Å². The molecule has 0 aliphatic carbocycles. The third-order valence-electron chi connectivity index (χ3n) is 2.93. The van der Waals surface area contributed by atoms with Gasteiger partial charge in [-0.3, -0.25) is 4.79 Å². The molecule has 0 saturated carbocycles. The average Bonchev–Trinajstić information content (AvgIpc) is 2.44. The maximum atomic E-state index is 10.6. The summed E-state index contributed by atoms with van der Waals surface area (Å²) in [5.74, 6) is 1.09. The molecule has 0 spiro atoms. The van der Waals surface area contributed by atoms with Crippen LogP contribution in [0.25, 0.3) is 0 Å². The van der Waals surface area contributed by atoms with Gasteiger partial charge in [-0.1, -0.05) is 0 Å². The molecule has 1 rings (SSSR count). The highest BCUT2D eigenvalue weighted by molar-refractivity contribution is 5.66. The second-order valence-electron chi connectivity index (χ2n) is 4.40. The molecule has 0 heterocycles. The number of carboxylic acids is 1. The Hall–Kier alpha value is -1.95. The molecule has 6 nitrogen and oxygen atoms in total. The molecule has 1 N–H and O–H groups in total. The van der Waals surface area contributed by atoms with E-state index in [1.807, 2.05) is 18.0 Å². The summed E-state index contributed by atoms with van der Waals surface area (Å²) in [7, 11) is 6.58. The molecule has 1 aromatic rings. The Kier molecular flexibility index (Phi) is 6.11. The normalized spacial score (nSPS) is 10.4. The molecule has 0 aliphatic rings. The number of hydrogen-bond donors (Lipinski definition) is 1. The van der Waals surface area contributed by atoms with Crippen molar-refractivity contribution in [2.24, 2.45) is 0 Å². The first-order valence-corrected chi connectivity index (χ1v) is 6.21. The summed E-state index contributed by atoms with van der Waals surface area (Å²) >= 11 is 0. The van der Waals surface area contributed by atoms with Crippen molar-refractivity contribution >= 4 is 5.97 Å². The fourth-order valence-electron chi connectivity index (χ4n) is 1.87. The standard InChI is InChI=1S/C14H21NO5/c1-15(6-5-14(16)17)9-10-7-12(19-3)13(20-4)8-11(10)18-2/h7-8H,5-6,9H2,1-4H3,(H,16,17). The van der Waals surface area contributed by atoms with Crippen molar-refractivity contribution < 1.29 is 24.1 Å². The van der Waals surface area contributed by atoms with Crippen LogP contribution < -0.4 is 14.2 Å². The number of carboxylic acid groups (broad SMARTS) is 1. The van der Waals surface area contributed by atoms with Crippen molar-refractivity contribution in [3.63, 3.8) is 0 Å². The Morgan fingerprint density at radius 1 is 1.10 bits per heavy atom. The largest absolute Gasteiger partial charge is 0.496 e. The van der Waals surface area contributed by atoms with Gasteiger partial charge < -0.3 is 24.2 Å². The van der Waals surface area contributed by atoms with Gasteiger partial charge in [0.25, 0.3) is 0 Å². The van der Waals surface area contributed by atoms with Gasteiger partial charge in [-0.05, 0) is 13.1 Å². The van der Waals surface area contributed by atoms with E-state index in [2.05, 4.69) is 0 Å². The molecular weight excluding hydrogens is 262 g/mol. The predicted octanol–water partition coefficient (Wildman–Crippen LogP) is 1.62. The molecule has 0 aliphatic heterocycles. The zero-order valence-corrected chi connectivity index (χ0v) is 12.3. The van der Waals surface area contributed by atoms with Gasteiger partial charge in [-0.15, -0.1) is 0 Å². The Morgan fingerprint density at radius 2 is 1.65 bits per heavy atom. The lowest BCUT2D eigenvalue weighted by molar-refractivity contribution is -0.137. The number of aliphatic carboxylic acids is 1. The monoisotopic (exact) mass is 283 g/mol. The Balaban J connectivity index is 2.89. The number of benzene rings is 1. The second-order valence-corrected chi connectivity index (χ2v) is 4.40. The summed E-state index contributed by atoms with van der Waals surface area (Å²) in [5.41, 5.74) is 0.915. The number of carbonyl (C=O) groups is 1.